The van der Waals surface area contributed by atoms with Gasteiger partial charge in [-0.05, 0) is 6.92 Å². The molecule has 0 saturated heterocycles. The van der Waals surface area contributed by atoms with Crippen LogP contribution in [0.1, 0.15) is 12.0 Å². The predicted octanol–water partition coefficient (Wildman–Crippen LogP) is 0.0601. The van der Waals surface area contributed by atoms with Gasteiger partial charge in [-0.2, -0.15) is 0 Å². The summed E-state index contributed by atoms with van der Waals surface area (Å²) in [4.78, 5) is 8.04. The molecule has 5 heteroatoms. The van der Waals surface area contributed by atoms with Gasteiger partial charge < -0.3 is 5.32 Å². The summed E-state index contributed by atoms with van der Waals surface area (Å²) < 4.78 is 1.79. The number of aryl methyl sites for hydroxylation is 1. The van der Waals surface area contributed by atoms with Crippen LogP contribution in [0.25, 0.3) is 0 Å². The van der Waals surface area contributed by atoms with Crippen LogP contribution in [0.15, 0.2) is 11.3 Å². The van der Waals surface area contributed by atoms with Crippen molar-refractivity contribution in [2.24, 2.45) is 10.7 Å². The van der Waals surface area contributed by atoms with Crippen LogP contribution in [0.5, 0.6) is 0 Å². The van der Waals surface area contributed by atoms with Crippen LogP contribution in [-0.2, 0) is 0 Å². The number of imidazole rings is 1. The summed E-state index contributed by atoms with van der Waals surface area (Å²) >= 11 is 0. The van der Waals surface area contributed by atoms with E-state index in [4.69, 9.17) is 5.73 Å². The van der Waals surface area contributed by atoms with Gasteiger partial charge in [-0.1, -0.05) is 0 Å². The SMILES string of the molecule is Cc1ncn2c1NC=NC2N. The topological polar surface area (TPSA) is 68.2 Å². The normalized spacial score (nSPS) is 21.1. The van der Waals surface area contributed by atoms with Gasteiger partial charge in [0.05, 0.1) is 18.4 Å². The van der Waals surface area contributed by atoms with E-state index in [1.807, 2.05) is 6.92 Å². The van der Waals surface area contributed by atoms with Crippen LogP contribution in [0.3, 0.4) is 0 Å². The number of hydrogen-bond donors (Lipinski definition) is 2. The van der Waals surface area contributed by atoms with Crippen molar-refractivity contribution < 1.29 is 0 Å². The molecule has 0 spiro atoms. The lowest BCUT2D eigenvalue weighted by Gasteiger charge is -2.16. The van der Waals surface area contributed by atoms with Gasteiger partial charge >= 0.3 is 0 Å². The summed E-state index contributed by atoms with van der Waals surface area (Å²) in [6.07, 6.45) is 2.94. The highest BCUT2D eigenvalue weighted by molar-refractivity contribution is 5.76. The molecule has 58 valence electrons. The summed E-state index contributed by atoms with van der Waals surface area (Å²) in [6.45, 7) is 1.92. The maximum Gasteiger partial charge on any atom is 0.181 e. The third kappa shape index (κ3) is 0.813. The van der Waals surface area contributed by atoms with E-state index in [2.05, 4.69) is 15.3 Å². The number of fused-ring (bicyclic) bond motifs is 1. The number of nitrogens with zero attached hydrogens (tertiary/aromatic N) is 3. The molecule has 0 amide bonds. The molecule has 1 aromatic heterocycles. The Morgan fingerprint density at radius 2 is 2.55 bits per heavy atom. The number of nitrogens with two attached hydrogens (primary N) is 1. The molecule has 0 bridgehead atoms. The van der Waals surface area contributed by atoms with Crippen LogP contribution in [0.2, 0.25) is 0 Å². The molecule has 5 nitrogen and oxygen atoms in total. The van der Waals surface area contributed by atoms with Crippen molar-refractivity contribution in [3.05, 3.63) is 12.0 Å². The first-order valence-corrected chi connectivity index (χ1v) is 3.36. The van der Waals surface area contributed by atoms with E-state index in [1.54, 1.807) is 17.2 Å². The molecule has 2 rings (SSSR count). The van der Waals surface area contributed by atoms with Crippen molar-refractivity contribution in [2.45, 2.75) is 13.2 Å². The zero-order valence-corrected chi connectivity index (χ0v) is 6.15. The zero-order chi connectivity index (χ0) is 7.84. The molecule has 1 aliphatic rings. The second-order valence-corrected chi connectivity index (χ2v) is 2.42. The molecule has 0 aromatic carbocycles. The molecule has 1 aromatic rings. The second kappa shape index (κ2) is 2.06. The van der Waals surface area contributed by atoms with Gasteiger partial charge in [0.25, 0.3) is 0 Å². The number of nitrogens with one attached hydrogen (secondary N) is 1. The van der Waals surface area contributed by atoms with E-state index >= 15 is 0 Å². The van der Waals surface area contributed by atoms with E-state index in [0.29, 0.717) is 0 Å². The Bertz CT molecular complexity index is 300. The molecular formula is C6H9N5. The first-order chi connectivity index (χ1) is 5.29. The number of rotatable bonds is 0. The monoisotopic (exact) mass is 151 g/mol. The van der Waals surface area contributed by atoms with Crippen LogP contribution in [0.4, 0.5) is 5.82 Å². The molecule has 0 aliphatic carbocycles. The first kappa shape index (κ1) is 6.36. The Kier molecular flexibility index (Phi) is 1.19. The van der Waals surface area contributed by atoms with Gasteiger partial charge in [0.1, 0.15) is 5.82 Å². The molecule has 2 heterocycles. The third-order valence-electron chi connectivity index (χ3n) is 1.69. The molecule has 0 fully saturated rings. The highest BCUT2D eigenvalue weighted by Gasteiger charge is 2.13. The first-order valence-electron chi connectivity index (χ1n) is 3.36. The Morgan fingerprint density at radius 3 is 3.27 bits per heavy atom. The summed E-state index contributed by atoms with van der Waals surface area (Å²) in [7, 11) is 0. The predicted molar refractivity (Wildman–Crippen MR) is 42.3 cm³/mol. The van der Waals surface area contributed by atoms with E-state index in [-0.39, 0.29) is 6.29 Å². The maximum atomic E-state index is 5.64. The lowest BCUT2D eigenvalue weighted by atomic mass is 10.4. The Morgan fingerprint density at radius 1 is 1.73 bits per heavy atom. The molecule has 3 N–H and O–H groups in total. The molecule has 0 saturated carbocycles. The van der Waals surface area contributed by atoms with Gasteiger partial charge in [0.2, 0.25) is 0 Å². The minimum atomic E-state index is -0.326. The molecular weight excluding hydrogens is 142 g/mol. The average molecular weight is 151 g/mol. The third-order valence-corrected chi connectivity index (χ3v) is 1.69. The van der Waals surface area contributed by atoms with Gasteiger partial charge in [-0.3, -0.25) is 10.3 Å². The van der Waals surface area contributed by atoms with Gasteiger partial charge in [0, 0.05) is 0 Å². The lowest BCUT2D eigenvalue weighted by molar-refractivity contribution is 0.547. The van der Waals surface area contributed by atoms with E-state index in [0.717, 1.165) is 11.5 Å². The van der Waals surface area contributed by atoms with Gasteiger partial charge in [-0.15, -0.1) is 0 Å². The van der Waals surface area contributed by atoms with Crippen LogP contribution >= 0.6 is 0 Å². The number of aliphatic imine (C=N–C) groups is 1. The van der Waals surface area contributed by atoms with Crippen molar-refractivity contribution in [2.75, 3.05) is 5.32 Å². The van der Waals surface area contributed by atoms with E-state index in [1.165, 1.54) is 0 Å². The van der Waals surface area contributed by atoms with Gasteiger partial charge in [-0.25, -0.2) is 9.98 Å². The quantitative estimate of drug-likeness (QED) is 0.551. The van der Waals surface area contributed by atoms with Crippen molar-refractivity contribution in [1.82, 2.24) is 9.55 Å². The maximum absolute atomic E-state index is 5.64. The summed E-state index contributed by atoms with van der Waals surface area (Å²) in [6, 6.07) is 0. The lowest BCUT2D eigenvalue weighted by Crippen LogP contribution is -2.22. The van der Waals surface area contributed by atoms with E-state index < -0.39 is 0 Å². The number of aromatic nitrogens is 2. The fourth-order valence-electron chi connectivity index (χ4n) is 1.08. The highest BCUT2D eigenvalue weighted by Crippen LogP contribution is 2.18. The van der Waals surface area contributed by atoms with E-state index in [9.17, 15) is 0 Å². The fourth-order valence-corrected chi connectivity index (χ4v) is 1.08. The largest absolute Gasteiger partial charge is 0.331 e. The standard InChI is InChI=1S/C6H9N5/c1-4-5-8-2-9-6(7)11(5)3-10-4/h2-3,6H,7H2,1H3,(H,8,9). The van der Waals surface area contributed by atoms with Crippen molar-refractivity contribution in [3.8, 4) is 0 Å². The smallest absolute Gasteiger partial charge is 0.181 e. The summed E-state index contributed by atoms with van der Waals surface area (Å²) in [5.41, 5.74) is 6.58. The molecule has 1 atom stereocenters. The van der Waals surface area contributed by atoms with Crippen LogP contribution in [-0.4, -0.2) is 15.9 Å². The molecule has 1 aliphatic heterocycles. The van der Waals surface area contributed by atoms with Crippen molar-refractivity contribution in [3.63, 3.8) is 0 Å². The second-order valence-electron chi connectivity index (χ2n) is 2.42. The fraction of sp³-hybridized carbons (Fsp3) is 0.333. The number of anilines is 1. The van der Waals surface area contributed by atoms with Gasteiger partial charge in [0.15, 0.2) is 6.29 Å². The van der Waals surface area contributed by atoms with Crippen LogP contribution < -0.4 is 11.1 Å². The minimum absolute atomic E-state index is 0.326. The Labute approximate surface area is 63.9 Å². The molecule has 0 radical (unpaired) electrons. The minimum Gasteiger partial charge on any atom is -0.331 e. The van der Waals surface area contributed by atoms with Crippen molar-refractivity contribution >= 4 is 12.2 Å². The molecule has 11 heavy (non-hydrogen) atoms. The Balaban J connectivity index is 2.52. The molecule has 1 unspecified atom stereocenters. The van der Waals surface area contributed by atoms with Crippen LogP contribution in [0, 0.1) is 6.92 Å². The number of hydrogen-bond acceptors (Lipinski definition) is 4. The average Bonchev–Trinajstić information content (AvgIpc) is 2.35. The Hall–Kier alpha value is -1.36. The summed E-state index contributed by atoms with van der Waals surface area (Å²) in [5.74, 6) is 0.924. The van der Waals surface area contributed by atoms with Crippen molar-refractivity contribution in [1.29, 1.82) is 0 Å². The summed E-state index contributed by atoms with van der Waals surface area (Å²) in [5, 5.41) is 2.97. The zero-order valence-electron chi connectivity index (χ0n) is 6.15. The highest BCUT2D eigenvalue weighted by atomic mass is 15.3.